The van der Waals surface area contributed by atoms with Crippen LogP contribution in [0.2, 0.25) is 0 Å². The van der Waals surface area contributed by atoms with Gasteiger partial charge < -0.3 is 25.6 Å². The van der Waals surface area contributed by atoms with E-state index in [-0.39, 0.29) is 11.1 Å². The monoisotopic (exact) mass is 428 g/mol. The minimum absolute atomic E-state index is 0.240. The number of ether oxygens (including phenoxy) is 1. The van der Waals surface area contributed by atoms with Crippen molar-refractivity contribution < 1.29 is 34.1 Å². The molecule has 9 nitrogen and oxygen atoms in total. The second-order valence-electron chi connectivity index (χ2n) is 6.86. The Labute approximate surface area is 179 Å². The Morgan fingerprint density at radius 3 is 1.58 bits per heavy atom. The normalized spacial score (nSPS) is 14.4. The number of benzene rings is 2. The van der Waals surface area contributed by atoms with Crippen LogP contribution in [0.3, 0.4) is 0 Å². The zero-order chi connectivity index (χ0) is 23.0. The highest BCUT2D eigenvalue weighted by Gasteiger charge is 2.34. The van der Waals surface area contributed by atoms with Gasteiger partial charge in [0.25, 0.3) is 11.8 Å². The van der Waals surface area contributed by atoms with E-state index in [1.807, 2.05) is 0 Å². The highest BCUT2D eigenvalue weighted by molar-refractivity contribution is 5.97. The summed E-state index contributed by atoms with van der Waals surface area (Å²) in [6, 6.07) is 13.0. The summed E-state index contributed by atoms with van der Waals surface area (Å²) >= 11 is 0. The first-order chi connectivity index (χ1) is 14.7. The Bertz CT molecular complexity index is 916. The van der Waals surface area contributed by atoms with Gasteiger partial charge in [0, 0.05) is 11.1 Å². The molecule has 0 aliphatic rings. The minimum Gasteiger partial charge on any atom is -0.480 e. The van der Waals surface area contributed by atoms with E-state index in [9.17, 15) is 29.4 Å². The molecule has 0 heterocycles. The number of nitrogens with one attached hydrogen (secondary N) is 2. The maximum atomic E-state index is 12.5. The topological polar surface area (TPSA) is 142 Å². The maximum Gasteiger partial charge on any atom is 0.331 e. The van der Waals surface area contributed by atoms with Crippen LogP contribution in [0, 0.1) is 0 Å². The molecule has 164 valence electrons. The molecule has 4 N–H and O–H groups in total. The fourth-order valence-corrected chi connectivity index (χ4v) is 2.71. The average Bonchev–Trinajstić information content (AvgIpc) is 2.75. The SMILES string of the molecule is C[C@H](O)[C@H](NC(=O)c1ccccc1)C(=O)O[C@H](C)[C@@H](NC(=O)c1ccccc1)C(=O)O. The van der Waals surface area contributed by atoms with Crippen LogP contribution in [0.25, 0.3) is 0 Å². The first-order valence-electron chi connectivity index (χ1n) is 9.54. The minimum atomic E-state index is -1.55. The fraction of sp³-hybridized carbons (Fsp3) is 0.273. The molecule has 2 aromatic carbocycles. The zero-order valence-corrected chi connectivity index (χ0v) is 17.0. The van der Waals surface area contributed by atoms with Gasteiger partial charge in [0.05, 0.1) is 6.10 Å². The van der Waals surface area contributed by atoms with E-state index in [1.54, 1.807) is 36.4 Å². The van der Waals surface area contributed by atoms with Crippen LogP contribution in [0.1, 0.15) is 34.6 Å². The molecule has 31 heavy (non-hydrogen) atoms. The number of hydrogen-bond donors (Lipinski definition) is 4. The highest BCUT2D eigenvalue weighted by atomic mass is 16.5. The number of rotatable bonds is 9. The van der Waals surface area contributed by atoms with Crippen molar-refractivity contribution in [3.05, 3.63) is 71.8 Å². The molecule has 2 aromatic rings. The van der Waals surface area contributed by atoms with Crippen molar-refractivity contribution in [2.24, 2.45) is 0 Å². The number of carboxylic acid groups (broad SMARTS) is 1. The van der Waals surface area contributed by atoms with Gasteiger partial charge in [-0.2, -0.15) is 0 Å². The lowest BCUT2D eigenvalue weighted by Gasteiger charge is -2.25. The number of carboxylic acids is 1. The Hall–Kier alpha value is -3.72. The van der Waals surface area contributed by atoms with Gasteiger partial charge in [-0.3, -0.25) is 9.59 Å². The van der Waals surface area contributed by atoms with Gasteiger partial charge >= 0.3 is 11.9 Å². The molecule has 9 heteroatoms. The van der Waals surface area contributed by atoms with E-state index >= 15 is 0 Å². The van der Waals surface area contributed by atoms with Crippen LogP contribution in [0.15, 0.2) is 60.7 Å². The van der Waals surface area contributed by atoms with Crippen molar-refractivity contribution in [1.82, 2.24) is 10.6 Å². The summed E-state index contributed by atoms with van der Waals surface area (Å²) < 4.78 is 5.16. The Kier molecular flexibility index (Phi) is 8.27. The van der Waals surface area contributed by atoms with Gasteiger partial charge in [-0.15, -0.1) is 0 Å². The number of aliphatic hydroxyl groups is 1. The second-order valence-corrected chi connectivity index (χ2v) is 6.86. The maximum absolute atomic E-state index is 12.5. The van der Waals surface area contributed by atoms with E-state index in [2.05, 4.69) is 10.6 Å². The summed E-state index contributed by atoms with van der Waals surface area (Å²) in [5, 5.41) is 24.1. The molecular formula is C22H24N2O7. The first-order valence-corrected chi connectivity index (χ1v) is 9.54. The molecule has 2 amide bonds. The number of carbonyl (C=O) groups is 4. The number of carbonyl (C=O) groups excluding carboxylic acids is 3. The lowest BCUT2D eigenvalue weighted by molar-refractivity contribution is -0.158. The molecule has 0 saturated carbocycles. The fourth-order valence-electron chi connectivity index (χ4n) is 2.71. The van der Waals surface area contributed by atoms with E-state index in [0.717, 1.165) is 0 Å². The van der Waals surface area contributed by atoms with Gasteiger partial charge in [0.15, 0.2) is 12.1 Å². The third-order valence-corrected chi connectivity index (χ3v) is 4.42. The van der Waals surface area contributed by atoms with E-state index in [1.165, 1.54) is 38.1 Å². The van der Waals surface area contributed by atoms with Crippen LogP contribution < -0.4 is 10.6 Å². The number of hydrogen-bond acceptors (Lipinski definition) is 6. The molecule has 0 radical (unpaired) electrons. The van der Waals surface area contributed by atoms with Crippen LogP contribution >= 0.6 is 0 Å². The summed E-state index contributed by atoms with van der Waals surface area (Å²) in [5.74, 6) is -3.71. The number of aliphatic carboxylic acids is 1. The van der Waals surface area contributed by atoms with Crippen molar-refractivity contribution in [2.45, 2.75) is 38.1 Å². The van der Waals surface area contributed by atoms with Crippen LogP contribution in [0.5, 0.6) is 0 Å². The van der Waals surface area contributed by atoms with Gasteiger partial charge in [0.2, 0.25) is 0 Å². The van der Waals surface area contributed by atoms with Crippen LogP contribution in [-0.4, -0.2) is 58.3 Å². The van der Waals surface area contributed by atoms with Crippen molar-refractivity contribution >= 4 is 23.8 Å². The highest BCUT2D eigenvalue weighted by Crippen LogP contribution is 2.08. The van der Waals surface area contributed by atoms with Gasteiger partial charge in [-0.25, -0.2) is 9.59 Å². The third kappa shape index (κ3) is 6.65. The van der Waals surface area contributed by atoms with Crippen LogP contribution in [-0.2, 0) is 14.3 Å². The molecular weight excluding hydrogens is 404 g/mol. The van der Waals surface area contributed by atoms with Crippen molar-refractivity contribution in [3.63, 3.8) is 0 Å². The van der Waals surface area contributed by atoms with Crippen molar-refractivity contribution in [1.29, 1.82) is 0 Å². The predicted octanol–water partition coefficient (Wildman–Crippen LogP) is 0.981. The predicted molar refractivity (Wildman–Crippen MR) is 110 cm³/mol. The Morgan fingerprint density at radius 1 is 0.774 bits per heavy atom. The Balaban J connectivity index is 2.07. The first kappa shape index (κ1) is 23.6. The second kappa shape index (κ2) is 10.9. The number of amides is 2. The van der Waals surface area contributed by atoms with Crippen LogP contribution in [0.4, 0.5) is 0 Å². The standard InChI is InChI=1S/C22H24N2O7/c1-13(25)17(23-19(26)15-9-5-3-6-10-15)22(30)31-14(2)18(21(28)29)24-20(27)16-11-7-4-8-12-16/h3-14,17-18,25H,1-2H3,(H,23,26)(H,24,27)(H,28,29)/t13-,14+,17-,18+/m0/s1. The van der Waals surface area contributed by atoms with E-state index in [0.29, 0.717) is 0 Å². The molecule has 0 saturated heterocycles. The molecule has 0 aliphatic carbocycles. The molecule has 0 spiro atoms. The summed E-state index contributed by atoms with van der Waals surface area (Å²) in [6.07, 6.45) is -2.60. The largest absolute Gasteiger partial charge is 0.480 e. The lowest BCUT2D eigenvalue weighted by atomic mass is 10.1. The van der Waals surface area contributed by atoms with Crippen molar-refractivity contribution in [2.75, 3.05) is 0 Å². The average molecular weight is 428 g/mol. The molecule has 4 atom stereocenters. The van der Waals surface area contributed by atoms with E-state index in [4.69, 9.17) is 4.74 Å². The van der Waals surface area contributed by atoms with Gasteiger partial charge in [-0.1, -0.05) is 36.4 Å². The summed E-state index contributed by atoms with van der Waals surface area (Å²) in [7, 11) is 0. The summed E-state index contributed by atoms with van der Waals surface area (Å²) in [5.41, 5.74) is 0.511. The van der Waals surface area contributed by atoms with Crippen molar-refractivity contribution in [3.8, 4) is 0 Å². The zero-order valence-electron chi connectivity index (χ0n) is 17.0. The molecule has 0 bridgehead atoms. The summed E-state index contributed by atoms with van der Waals surface area (Å²) in [6.45, 7) is 2.58. The lowest BCUT2D eigenvalue weighted by Crippen LogP contribution is -2.53. The van der Waals surface area contributed by atoms with Gasteiger partial charge in [-0.05, 0) is 38.1 Å². The summed E-state index contributed by atoms with van der Waals surface area (Å²) in [4.78, 5) is 48.8. The smallest absolute Gasteiger partial charge is 0.331 e. The molecule has 0 fully saturated rings. The molecule has 0 unspecified atom stereocenters. The molecule has 2 rings (SSSR count). The molecule has 0 aliphatic heterocycles. The quantitative estimate of drug-likeness (QED) is 0.436. The molecule has 0 aromatic heterocycles. The number of esters is 1. The van der Waals surface area contributed by atoms with E-state index < -0.39 is 48.0 Å². The van der Waals surface area contributed by atoms with Gasteiger partial charge in [0.1, 0.15) is 6.10 Å². The third-order valence-electron chi connectivity index (χ3n) is 4.42. The Morgan fingerprint density at radius 2 is 1.19 bits per heavy atom. The number of aliphatic hydroxyl groups excluding tert-OH is 1.